The standard InChI is InChI=1S/C20H19N5O3/c1-25-8-7-12-13(11-5-3-2-4-6-11)9-14-16(15(12)10-25)22-19(27)17(14)23-24-20(28)18(21)26/h2-6,9H,7-8,10H2,1H3,(H2,21,26)(H,24,28)(H,22,23,27). The van der Waals surface area contributed by atoms with Gasteiger partial charge in [-0.25, -0.2) is 5.43 Å². The molecular formula is C20H19N5O3. The number of benzene rings is 2. The van der Waals surface area contributed by atoms with Crippen LogP contribution in [0.25, 0.3) is 11.1 Å². The highest BCUT2D eigenvalue weighted by atomic mass is 16.2. The van der Waals surface area contributed by atoms with E-state index < -0.39 is 17.7 Å². The van der Waals surface area contributed by atoms with Crippen molar-refractivity contribution in [1.82, 2.24) is 10.3 Å². The van der Waals surface area contributed by atoms with Gasteiger partial charge in [-0.3, -0.25) is 14.4 Å². The highest BCUT2D eigenvalue weighted by Crippen LogP contribution is 2.39. The lowest BCUT2D eigenvalue weighted by atomic mass is 9.87. The molecule has 0 aromatic heterocycles. The summed E-state index contributed by atoms with van der Waals surface area (Å²) in [6.45, 7) is 1.62. The van der Waals surface area contributed by atoms with Gasteiger partial charge in [0.15, 0.2) is 5.71 Å². The molecule has 2 heterocycles. The van der Waals surface area contributed by atoms with Gasteiger partial charge >= 0.3 is 11.8 Å². The van der Waals surface area contributed by atoms with Gasteiger partial charge in [-0.15, -0.1) is 0 Å². The Morgan fingerprint density at radius 1 is 1.18 bits per heavy atom. The summed E-state index contributed by atoms with van der Waals surface area (Å²) in [7, 11) is 2.03. The van der Waals surface area contributed by atoms with Crippen molar-refractivity contribution in [3.63, 3.8) is 0 Å². The van der Waals surface area contributed by atoms with Crippen LogP contribution in [0.4, 0.5) is 5.69 Å². The molecule has 2 aliphatic heterocycles. The lowest BCUT2D eigenvalue weighted by Crippen LogP contribution is -2.34. The summed E-state index contributed by atoms with van der Waals surface area (Å²) in [6.07, 6.45) is 0.865. The molecule has 0 bridgehead atoms. The molecular weight excluding hydrogens is 358 g/mol. The maximum absolute atomic E-state index is 12.5. The molecule has 0 unspecified atom stereocenters. The number of amides is 3. The first-order chi connectivity index (χ1) is 13.5. The summed E-state index contributed by atoms with van der Waals surface area (Å²) in [5, 5.41) is 6.72. The van der Waals surface area contributed by atoms with Crippen molar-refractivity contribution in [3.05, 3.63) is 53.1 Å². The van der Waals surface area contributed by atoms with E-state index in [-0.39, 0.29) is 5.71 Å². The lowest BCUT2D eigenvalue weighted by Gasteiger charge is -2.29. The van der Waals surface area contributed by atoms with E-state index >= 15 is 0 Å². The first kappa shape index (κ1) is 17.9. The summed E-state index contributed by atoms with van der Waals surface area (Å²) in [4.78, 5) is 37.1. The normalized spacial score (nSPS) is 17.0. The molecule has 0 aliphatic carbocycles. The predicted molar refractivity (Wildman–Crippen MR) is 104 cm³/mol. The Balaban J connectivity index is 1.88. The summed E-state index contributed by atoms with van der Waals surface area (Å²) >= 11 is 0. The van der Waals surface area contributed by atoms with E-state index in [0.717, 1.165) is 29.7 Å². The zero-order valence-corrected chi connectivity index (χ0v) is 15.3. The molecule has 0 saturated heterocycles. The number of fused-ring (bicyclic) bond motifs is 3. The number of nitrogens with one attached hydrogen (secondary N) is 2. The monoisotopic (exact) mass is 377 g/mol. The second-order valence-corrected chi connectivity index (χ2v) is 6.88. The van der Waals surface area contributed by atoms with Crippen LogP contribution in [-0.2, 0) is 27.3 Å². The number of hydrazone groups is 1. The average Bonchev–Trinajstić information content (AvgIpc) is 3.01. The molecule has 0 atom stereocenters. The number of likely N-dealkylation sites (N-methyl/N-ethyl adjacent to an activating group) is 1. The van der Waals surface area contributed by atoms with Crippen molar-refractivity contribution in [2.75, 3.05) is 18.9 Å². The average molecular weight is 377 g/mol. The molecule has 0 saturated carbocycles. The smallest absolute Gasteiger partial charge is 0.329 e. The fourth-order valence-electron chi connectivity index (χ4n) is 3.66. The third-order valence-corrected chi connectivity index (χ3v) is 5.01. The van der Waals surface area contributed by atoms with E-state index in [0.29, 0.717) is 17.8 Å². The van der Waals surface area contributed by atoms with Crippen molar-refractivity contribution in [1.29, 1.82) is 0 Å². The minimum atomic E-state index is -1.17. The van der Waals surface area contributed by atoms with Crippen LogP contribution in [0.2, 0.25) is 0 Å². The Kier molecular flexibility index (Phi) is 4.40. The van der Waals surface area contributed by atoms with Crippen LogP contribution in [-0.4, -0.2) is 41.9 Å². The number of anilines is 1. The summed E-state index contributed by atoms with van der Waals surface area (Å²) < 4.78 is 0. The molecule has 8 heteroatoms. The van der Waals surface area contributed by atoms with Crippen LogP contribution in [0.5, 0.6) is 0 Å². The molecule has 4 N–H and O–H groups in total. The maximum Gasteiger partial charge on any atom is 0.329 e. The zero-order valence-electron chi connectivity index (χ0n) is 15.3. The number of carbonyl (C=O) groups is 3. The topological polar surface area (TPSA) is 117 Å². The van der Waals surface area contributed by atoms with Gasteiger partial charge in [-0.1, -0.05) is 30.3 Å². The Bertz CT molecular complexity index is 1030. The number of hydrogen-bond acceptors (Lipinski definition) is 5. The van der Waals surface area contributed by atoms with E-state index in [9.17, 15) is 14.4 Å². The summed E-state index contributed by atoms with van der Waals surface area (Å²) in [5.41, 5.74) is 12.7. The number of hydrogen-bond donors (Lipinski definition) is 3. The van der Waals surface area contributed by atoms with E-state index in [4.69, 9.17) is 5.73 Å². The minimum Gasteiger partial charge on any atom is -0.361 e. The third kappa shape index (κ3) is 3.03. The molecule has 2 aliphatic rings. The van der Waals surface area contributed by atoms with Crippen LogP contribution in [0.1, 0.15) is 16.7 Å². The molecule has 0 fully saturated rings. The van der Waals surface area contributed by atoms with E-state index in [1.807, 2.05) is 48.9 Å². The van der Waals surface area contributed by atoms with Crippen molar-refractivity contribution in [3.8, 4) is 11.1 Å². The minimum absolute atomic E-state index is 0.0535. The molecule has 28 heavy (non-hydrogen) atoms. The second-order valence-electron chi connectivity index (χ2n) is 6.88. The van der Waals surface area contributed by atoms with Crippen molar-refractivity contribution < 1.29 is 14.4 Å². The van der Waals surface area contributed by atoms with Gasteiger partial charge in [-0.2, -0.15) is 5.10 Å². The first-order valence-electron chi connectivity index (χ1n) is 8.87. The number of rotatable bonds is 2. The number of primary amides is 1. The van der Waals surface area contributed by atoms with Crippen molar-refractivity contribution in [2.24, 2.45) is 10.8 Å². The first-order valence-corrected chi connectivity index (χ1v) is 8.87. The van der Waals surface area contributed by atoms with Crippen LogP contribution in [0.15, 0.2) is 41.5 Å². The molecule has 0 spiro atoms. The Morgan fingerprint density at radius 2 is 1.93 bits per heavy atom. The van der Waals surface area contributed by atoms with Gasteiger partial charge in [0.2, 0.25) is 0 Å². The van der Waals surface area contributed by atoms with Crippen molar-refractivity contribution >= 4 is 29.1 Å². The van der Waals surface area contributed by atoms with Gasteiger partial charge in [0, 0.05) is 18.7 Å². The van der Waals surface area contributed by atoms with Crippen LogP contribution in [0, 0.1) is 0 Å². The quantitative estimate of drug-likeness (QED) is 0.525. The van der Waals surface area contributed by atoms with Gasteiger partial charge in [0.1, 0.15) is 0 Å². The maximum atomic E-state index is 12.5. The fraction of sp³-hybridized carbons (Fsp3) is 0.200. The lowest BCUT2D eigenvalue weighted by molar-refractivity contribution is -0.137. The summed E-state index contributed by atoms with van der Waals surface area (Å²) in [5.74, 6) is -2.67. The van der Waals surface area contributed by atoms with Crippen LogP contribution < -0.4 is 16.5 Å². The molecule has 2 aromatic carbocycles. The van der Waals surface area contributed by atoms with E-state index in [1.54, 1.807) is 0 Å². The molecule has 3 amide bonds. The highest BCUT2D eigenvalue weighted by molar-refractivity contribution is 6.54. The number of nitrogens with two attached hydrogens (primary N) is 1. The number of nitrogens with zero attached hydrogens (tertiary/aromatic N) is 2. The third-order valence-electron chi connectivity index (χ3n) is 5.01. The summed E-state index contributed by atoms with van der Waals surface area (Å²) in [6, 6.07) is 11.9. The largest absolute Gasteiger partial charge is 0.361 e. The van der Waals surface area contributed by atoms with Crippen molar-refractivity contribution in [2.45, 2.75) is 13.0 Å². The van der Waals surface area contributed by atoms with E-state index in [1.165, 1.54) is 5.56 Å². The van der Waals surface area contributed by atoms with Gasteiger partial charge < -0.3 is 16.0 Å². The second kappa shape index (κ2) is 6.90. The van der Waals surface area contributed by atoms with Gasteiger partial charge in [-0.05, 0) is 41.8 Å². The van der Waals surface area contributed by atoms with Crippen LogP contribution in [0.3, 0.4) is 0 Å². The Labute approximate surface area is 161 Å². The number of carbonyl (C=O) groups excluding carboxylic acids is 3. The zero-order chi connectivity index (χ0) is 19.8. The molecule has 2 aromatic rings. The highest BCUT2D eigenvalue weighted by Gasteiger charge is 2.33. The van der Waals surface area contributed by atoms with Gasteiger partial charge in [0.25, 0.3) is 5.91 Å². The molecule has 0 radical (unpaired) electrons. The Morgan fingerprint density at radius 3 is 2.64 bits per heavy atom. The Hall–Kier alpha value is -3.52. The molecule has 4 rings (SSSR count). The van der Waals surface area contributed by atoms with E-state index in [2.05, 4.69) is 15.3 Å². The van der Waals surface area contributed by atoms with Gasteiger partial charge in [0.05, 0.1) is 5.69 Å². The predicted octanol–water partition coefficient (Wildman–Crippen LogP) is 0.599. The molecule has 8 nitrogen and oxygen atoms in total. The van der Waals surface area contributed by atoms with Crippen LogP contribution >= 0.6 is 0 Å². The SMILES string of the molecule is CN1CCc2c(-c3ccccc3)cc3c(c2C1)NC(=O)C3=NNC(=O)C(N)=O. The fourth-order valence-corrected chi connectivity index (χ4v) is 3.66. The molecule has 142 valence electrons.